The smallest absolute Gasteiger partial charge is 0.329 e. The summed E-state index contributed by atoms with van der Waals surface area (Å²) in [5.41, 5.74) is 4.89. The molecular weight excluding hydrogens is 156 g/mol. The van der Waals surface area contributed by atoms with Gasteiger partial charge in [0, 0.05) is 6.20 Å². The molecule has 0 radical (unpaired) electrons. The molecule has 0 aromatic heterocycles. The van der Waals surface area contributed by atoms with E-state index in [1.54, 1.807) is 0 Å². The van der Waals surface area contributed by atoms with Crippen molar-refractivity contribution in [2.24, 2.45) is 0 Å². The highest BCUT2D eigenvalue weighted by molar-refractivity contribution is 5.05. The third-order valence-corrected chi connectivity index (χ3v) is 1.27. The van der Waals surface area contributed by atoms with E-state index in [9.17, 15) is 8.78 Å². The largest absolute Gasteiger partial charge is 0.387 e. The molecule has 0 aromatic rings. The van der Waals surface area contributed by atoms with Crippen LogP contribution in [0.15, 0.2) is 11.9 Å². The third-order valence-electron chi connectivity index (χ3n) is 1.27. The molecule has 11 heavy (non-hydrogen) atoms. The van der Waals surface area contributed by atoms with Crippen molar-refractivity contribution in [1.82, 2.24) is 16.0 Å². The van der Waals surface area contributed by atoms with Gasteiger partial charge in [0.2, 0.25) is 0 Å². The lowest BCUT2D eigenvalue weighted by Gasteiger charge is -2.12. The summed E-state index contributed by atoms with van der Waals surface area (Å²) >= 11 is 0. The first-order valence-corrected chi connectivity index (χ1v) is 3.09. The molecule has 1 unspecified atom stereocenters. The Kier molecular flexibility index (Phi) is 2.25. The molecule has 0 fully saturated rings. The first kappa shape index (κ1) is 8.22. The normalized spacial score (nSPS) is 20.1. The summed E-state index contributed by atoms with van der Waals surface area (Å²) in [4.78, 5) is 0. The second-order valence-corrected chi connectivity index (χ2v) is 2.18. The van der Waals surface area contributed by atoms with Crippen molar-refractivity contribution in [3.05, 3.63) is 11.9 Å². The van der Waals surface area contributed by atoms with E-state index < -0.39 is 12.7 Å². The Balaban J connectivity index is 2.54. The van der Waals surface area contributed by atoms with Gasteiger partial charge in [-0.25, -0.2) is 5.01 Å². The number of aliphatic hydroxyl groups is 1. The van der Waals surface area contributed by atoms with Gasteiger partial charge in [0.15, 0.2) is 0 Å². The lowest BCUT2D eigenvalue weighted by molar-refractivity contribution is -0.0247. The van der Waals surface area contributed by atoms with Crippen molar-refractivity contribution in [3.63, 3.8) is 0 Å². The van der Waals surface area contributed by atoms with Crippen LogP contribution in [-0.2, 0) is 0 Å². The highest BCUT2D eigenvalue weighted by atomic mass is 19.3. The molecule has 6 heteroatoms. The SMILES string of the molecule is CC(O)C1=CN(C(F)F)NN1. The van der Waals surface area contributed by atoms with Gasteiger partial charge >= 0.3 is 6.55 Å². The molecule has 1 aliphatic heterocycles. The molecule has 0 bridgehead atoms. The van der Waals surface area contributed by atoms with Gasteiger partial charge in [-0.05, 0) is 6.92 Å². The highest BCUT2D eigenvalue weighted by Crippen LogP contribution is 2.08. The van der Waals surface area contributed by atoms with Crippen molar-refractivity contribution in [2.45, 2.75) is 19.6 Å². The van der Waals surface area contributed by atoms with Gasteiger partial charge in [-0.3, -0.25) is 0 Å². The molecule has 0 saturated carbocycles. The van der Waals surface area contributed by atoms with Gasteiger partial charge in [-0.15, -0.1) is 5.53 Å². The standard InChI is InChI=1S/C5H9F2N3O/c1-3(11)4-2-10(5(6)7)9-8-4/h2-3,5,8-9,11H,1H3. The average molecular weight is 165 g/mol. The zero-order valence-electron chi connectivity index (χ0n) is 5.88. The maximum Gasteiger partial charge on any atom is 0.329 e. The Labute approximate surface area is 62.4 Å². The second-order valence-electron chi connectivity index (χ2n) is 2.18. The van der Waals surface area contributed by atoms with Gasteiger partial charge in [0.1, 0.15) is 0 Å². The summed E-state index contributed by atoms with van der Waals surface area (Å²) < 4.78 is 23.7. The number of rotatable bonds is 2. The van der Waals surface area contributed by atoms with Crippen molar-refractivity contribution >= 4 is 0 Å². The van der Waals surface area contributed by atoms with E-state index in [2.05, 4.69) is 11.0 Å². The summed E-state index contributed by atoms with van der Waals surface area (Å²) in [5, 5.41) is 9.48. The second kappa shape index (κ2) is 3.02. The van der Waals surface area contributed by atoms with E-state index in [0.29, 0.717) is 10.7 Å². The summed E-state index contributed by atoms with van der Waals surface area (Å²) in [6, 6.07) is 0. The fourth-order valence-corrected chi connectivity index (χ4v) is 0.661. The van der Waals surface area contributed by atoms with E-state index in [-0.39, 0.29) is 0 Å². The van der Waals surface area contributed by atoms with Crippen LogP contribution in [0.3, 0.4) is 0 Å². The number of aliphatic hydroxyl groups excluding tert-OH is 1. The number of hydrogen-bond acceptors (Lipinski definition) is 4. The zero-order chi connectivity index (χ0) is 8.43. The minimum Gasteiger partial charge on any atom is -0.387 e. The van der Waals surface area contributed by atoms with Crippen molar-refractivity contribution in [2.75, 3.05) is 0 Å². The Morgan fingerprint density at radius 3 is 2.55 bits per heavy atom. The van der Waals surface area contributed by atoms with Crippen molar-refractivity contribution in [3.8, 4) is 0 Å². The number of hydrazine groups is 2. The predicted molar refractivity (Wildman–Crippen MR) is 33.9 cm³/mol. The molecule has 0 amide bonds. The monoisotopic (exact) mass is 165 g/mol. The van der Waals surface area contributed by atoms with Crippen LogP contribution in [0.25, 0.3) is 0 Å². The van der Waals surface area contributed by atoms with E-state index >= 15 is 0 Å². The molecule has 64 valence electrons. The molecule has 0 aliphatic carbocycles. The summed E-state index contributed by atoms with van der Waals surface area (Å²) in [5.74, 6) is 0. The van der Waals surface area contributed by atoms with Crippen LogP contribution < -0.4 is 11.0 Å². The van der Waals surface area contributed by atoms with Gasteiger partial charge < -0.3 is 10.5 Å². The van der Waals surface area contributed by atoms with Crippen LogP contribution in [0.4, 0.5) is 8.78 Å². The third kappa shape index (κ3) is 1.78. The lowest BCUT2D eigenvalue weighted by atomic mass is 10.3. The van der Waals surface area contributed by atoms with Crippen LogP contribution in [0.1, 0.15) is 6.92 Å². The fourth-order valence-electron chi connectivity index (χ4n) is 0.661. The Morgan fingerprint density at radius 2 is 2.27 bits per heavy atom. The van der Waals surface area contributed by atoms with Crippen LogP contribution in [0.2, 0.25) is 0 Å². The predicted octanol–water partition coefficient (Wildman–Crippen LogP) is -0.244. The number of nitrogens with zero attached hydrogens (tertiary/aromatic N) is 1. The molecule has 1 heterocycles. The molecular formula is C5H9F2N3O. The lowest BCUT2D eigenvalue weighted by Crippen LogP contribution is -2.40. The van der Waals surface area contributed by atoms with Crippen molar-refractivity contribution < 1.29 is 13.9 Å². The first-order chi connectivity index (χ1) is 5.11. The van der Waals surface area contributed by atoms with Gasteiger partial charge in [-0.1, -0.05) is 0 Å². The van der Waals surface area contributed by atoms with Gasteiger partial charge in [0.25, 0.3) is 0 Å². The van der Waals surface area contributed by atoms with Crippen LogP contribution >= 0.6 is 0 Å². The number of hydrogen-bond donors (Lipinski definition) is 3. The van der Waals surface area contributed by atoms with Crippen LogP contribution in [-0.4, -0.2) is 22.8 Å². The quantitative estimate of drug-likeness (QED) is 0.494. The molecule has 1 atom stereocenters. The van der Waals surface area contributed by atoms with Gasteiger partial charge in [-0.2, -0.15) is 8.78 Å². The maximum absolute atomic E-state index is 11.9. The molecule has 0 aromatic carbocycles. The first-order valence-electron chi connectivity index (χ1n) is 3.09. The van der Waals surface area contributed by atoms with Crippen molar-refractivity contribution in [1.29, 1.82) is 0 Å². The molecule has 4 nitrogen and oxygen atoms in total. The molecule has 0 spiro atoms. The fraction of sp³-hybridized carbons (Fsp3) is 0.600. The van der Waals surface area contributed by atoms with E-state index in [1.165, 1.54) is 6.92 Å². The Hall–Kier alpha value is -0.880. The highest BCUT2D eigenvalue weighted by Gasteiger charge is 2.20. The molecule has 0 saturated heterocycles. The number of alkyl halides is 2. The van der Waals surface area contributed by atoms with E-state index in [4.69, 9.17) is 5.11 Å². The molecule has 1 rings (SSSR count). The average Bonchev–Trinajstić information content (AvgIpc) is 2.33. The molecule has 1 aliphatic rings. The number of halogens is 2. The van der Waals surface area contributed by atoms with Crippen LogP contribution in [0, 0.1) is 0 Å². The minimum absolute atomic E-state index is 0.324. The Morgan fingerprint density at radius 1 is 1.64 bits per heavy atom. The maximum atomic E-state index is 11.9. The van der Waals surface area contributed by atoms with E-state index in [1.807, 2.05) is 0 Å². The minimum atomic E-state index is -2.61. The topological polar surface area (TPSA) is 47.5 Å². The van der Waals surface area contributed by atoms with E-state index in [0.717, 1.165) is 6.20 Å². The summed E-state index contributed by atoms with van der Waals surface area (Å²) in [6.45, 7) is -1.13. The molecule has 3 N–H and O–H groups in total. The van der Waals surface area contributed by atoms with Crippen LogP contribution in [0.5, 0.6) is 0 Å². The zero-order valence-corrected chi connectivity index (χ0v) is 5.88. The summed E-state index contributed by atoms with van der Waals surface area (Å²) in [6.07, 6.45) is 0.348. The van der Waals surface area contributed by atoms with Gasteiger partial charge in [0.05, 0.1) is 11.8 Å². The summed E-state index contributed by atoms with van der Waals surface area (Å²) in [7, 11) is 0. The Bertz CT molecular complexity index is 171. The number of nitrogens with one attached hydrogen (secondary N) is 2.